The highest BCUT2D eigenvalue weighted by Gasteiger charge is 2.11. The number of allylic oxidation sites excluding steroid dienone is 7. The van der Waals surface area contributed by atoms with E-state index in [1.54, 1.807) is 0 Å². The van der Waals surface area contributed by atoms with E-state index < -0.39 is 5.97 Å². The van der Waals surface area contributed by atoms with Crippen LogP contribution in [-0.2, 0) is 14.3 Å². The third-order valence-corrected chi connectivity index (χ3v) is 7.52. The third-order valence-electron chi connectivity index (χ3n) is 7.52. The zero-order valence-electron chi connectivity index (χ0n) is 27.5. The van der Waals surface area contributed by atoms with Gasteiger partial charge >= 0.3 is 11.9 Å². The van der Waals surface area contributed by atoms with E-state index in [1.165, 1.54) is 57.8 Å². The van der Waals surface area contributed by atoms with Crippen molar-refractivity contribution in [3.05, 3.63) is 48.6 Å². The van der Waals surface area contributed by atoms with Crippen LogP contribution in [0.1, 0.15) is 174 Å². The molecular formula is C38H66O4. The number of carbonyl (C=O) groups is 2. The Kier molecular flexibility index (Phi) is 31.7. The van der Waals surface area contributed by atoms with Crippen molar-refractivity contribution in [2.75, 3.05) is 0 Å². The quantitative estimate of drug-likeness (QED) is 0.0498. The van der Waals surface area contributed by atoms with E-state index in [1.807, 2.05) is 0 Å². The molecule has 242 valence electrons. The molecule has 0 heterocycles. The molecule has 1 atom stereocenters. The molecule has 0 aliphatic heterocycles. The maximum Gasteiger partial charge on any atom is 0.306 e. The minimum Gasteiger partial charge on any atom is -0.481 e. The number of unbranched alkanes of at least 4 members (excludes halogenated alkanes) is 16. The summed E-state index contributed by atoms with van der Waals surface area (Å²) in [4.78, 5) is 23.2. The summed E-state index contributed by atoms with van der Waals surface area (Å²) in [5.41, 5.74) is 0. The topological polar surface area (TPSA) is 63.6 Å². The standard InChI is InChI=1S/C38H66O4/c1-3-5-7-9-11-13-14-15-16-17-18-19-21-27-31-35-38(41)42-36(32-28-24-20-12-10-8-6-4-2)33-29-25-22-23-26-30-34-37(39)40/h5,7,11,13,15-16,28,32,36H,3-4,6,8-10,12,14,17-27,29-31,33-35H2,1-2H3,(H,39,40)/b7-5-,13-11-,16-15-,32-28-. The fourth-order valence-corrected chi connectivity index (χ4v) is 4.93. The van der Waals surface area contributed by atoms with Crippen molar-refractivity contribution in [1.82, 2.24) is 0 Å². The van der Waals surface area contributed by atoms with Gasteiger partial charge in [-0.05, 0) is 76.7 Å². The Morgan fingerprint density at radius 1 is 0.571 bits per heavy atom. The fraction of sp³-hybridized carbons (Fsp3) is 0.737. The van der Waals surface area contributed by atoms with Gasteiger partial charge in [-0.3, -0.25) is 9.59 Å². The number of carboxylic acids is 1. The first-order valence-corrected chi connectivity index (χ1v) is 17.6. The van der Waals surface area contributed by atoms with E-state index in [0.717, 1.165) is 89.9 Å². The van der Waals surface area contributed by atoms with Crippen LogP contribution < -0.4 is 0 Å². The van der Waals surface area contributed by atoms with Crippen molar-refractivity contribution in [3.63, 3.8) is 0 Å². The second-order valence-corrected chi connectivity index (χ2v) is 11.7. The SMILES string of the molecule is CC/C=C\C/C=C\C/C=C\CCCCCCCC(=O)OC(/C=C\CCCCCCCC)CCCCCCCCC(=O)O. The van der Waals surface area contributed by atoms with Gasteiger partial charge in [0.15, 0.2) is 0 Å². The molecule has 0 aliphatic rings. The van der Waals surface area contributed by atoms with E-state index in [2.05, 4.69) is 62.5 Å². The van der Waals surface area contributed by atoms with Gasteiger partial charge < -0.3 is 9.84 Å². The molecule has 0 aromatic carbocycles. The smallest absolute Gasteiger partial charge is 0.306 e. The van der Waals surface area contributed by atoms with Crippen LogP contribution in [0.15, 0.2) is 48.6 Å². The maximum atomic E-state index is 12.6. The molecular weight excluding hydrogens is 520 g/mol. The molecule has 1 N–H and O–H groups in total. The third kappa shape index (κ3) is 32.4. The number of ether oxygens (including phenoxy) is 1. The molecule has 0 saturated heterocycles. The summed E-state index contributed by atoms with van der Waals surface area (Å²) >= 11 is 0. The van der Waals surface area contributed by atoms with Gasteiger partial charge in [-0.25, -0.2) is 0 Å². The van der Waals surface area contributed by atoms with Gasteiger partial charge in [0.1, 0.15) is 6.10 Å². The first-order valence-electron chi connectivity index (χ1n) is 17.6. The minimum absolute atomic E-state index is 0.0564. The van der Waals surface area contributed by atoms with E-state index in [4.69, 9.17) is 9.84 Å². The summed E-state index contributed by atoms with van der Waals surface area (Å²) < 4.78 is 5.89. The van der Waals surface area contributed by atoms with Gasteiger partial charge in [-0.1, -0.05) is 133 Å². The molecule has 0 rings (SSSR count). The zero-order valence-corrected chi connectivity index (χ0v) is 27.5. The van der Waals surface area contributed by atoms with Crippen molar-refractivity contribution in [2.45, 2.75) is 180 Å². The first kappa shape index (κ1) is 39.9. The van der Waals surface area contributed by atoms with Gasteiger partial charge in [0.25, 0.3) is 0 Å². The lowest BCUT2D eigenvalue weighted by Crippen LogP contribution is -2.16. The van der Waals surface area contributed by atoms with Crippen LogP contribution in [-0.4, -0.2) is 23.1 Å². The van der Waals surface area contributed by atoms with Crippen molar-refractivity contribution in [2.24, 2.45) is 0 Å². The van der Waals surface area contributed by atoms with Gasteiger partial charge in [0.2, 0.25) is 0 Å². The number of carboxylic acid groups (broad SMARTS) is 1. The van der Waals surface area contributed by atoms with Gasteiger partial charge in [-0.2, -0.15) is 0 Å². The normalized spacial score (nSPS) is 12.8. The molecule has 4 nitrogen and oxygen atoms in total. The van der Waals surface area contributed by atoms with Crippen LogP contribution in [0.3, 0.4) is 0 Å². The average molecular weight is 587 g/mol. The lowest BCUT2D eigenvalue weighted by Gasteiger charge is -2.15. The molecule has 4 heteroatoms. The largest absolute Gasteiger partial charge is 0.481 e. The Morgan fingerprint density at radius 2 is 1.07 bits per heavy atom. The van der Waals surface area contributed by atoms with Gasteiger partial charge in [-0.15, -0.1) is 0 Å². The van der Waals surface area contributed by atoms with Crippen LogP contribution in [0.4, 0.5) is 0 Å². The van der Waals surface area contributed by atoms with Crippen LogP contribution in [0.2, 0.25) is 0 Å². The van der Waals surface area contributed by atoms with Crippen LogP contribution in [0, 0.1) is 0 Å². The average Bonchev–Trinajstić information content (AvgIpc) is 2.97. The molecule has 0 fully saturated rings. The lowest BCUT2D eigenvalue weighted by molar-refractivity contribution is -0.147. The van der Waals surface area contributed by atoms with Gasteiger partial charge in [0.05, 0.1) is 0 Å². The molecule has 0 aliphatic carbocycles. The summed E-state index contributed by atoms with van der Waals surface area (Å²) in [5.74, 6) is -0.760. The summed E-state index contributed by atoms with van der Waals surface area (Å²) in [6.45, 7) is 4.41. The highest BCUT2D eigenvalue weighted by atomic mass is 16.5. The van der Waals surface area contributed by atoms with Crippen molar-refractivity contribution in [1.29, 1.82) is 0 Å². The minimum atomic E-state index is -0.703. The number of hydrogen-bond acceptors (Lipinski definition) is 3. The first-order chi connectivity index (χ1) is 20.6. The summed E-state index contributed by atoms with van der Waals surface area (Å²) in [6, 6.07) is 0. The van der Waals surface area contributed by atoms with Crippen molar-refractivity contribution in [3.8, 4) is 0 Å². The summed E-state index contributed by atoms with van der Waals surface area (Å²) in [5, 5.41) is 8.75. The van der Waals surface area contributed by atoms with Crippen molar-refractivity contribution >= 4 is 11.9 Å². The predicted octanol–water partition coefficient (Wildman–Crippen LogP) is 12.0. The summed E-state index contributed by atoms with van der Waals surface area (Å²) in [6.07, 6.45) is 44.2. The number of hydrogen-bond donors (Lipinski definition) is 1. The Labute approximate surface area is 260 Å². The fourth-order valence-electron chi connectivity index (χ4n) is 4.93. The number of esters is 1. The Hall–Kier alpha value is -2.10. The highest BCUT2D eigenvalue weighted by Crippen LogP contribution is 2.15. The molecule has 0 aromatic heterocycles. The molecule has 0 saturated carbocycles. The Morgan fingerprint density at radius 3 is 1.69 bits per heavy atom. The van der Waals surface area contributed by atoms with Crippen LogP contribution >= 0.6 is 0 Å². The van der Waals surface area contributed by atoms with Crippen LogP contribution in [0.25, 0.3) is 0 Å². The maximum absolute atomic E-state index is 12.6. The summed E-state index contributed by atoms with van der Waals surface area (Å²) in [7, 11) is 0. The molecule has 0 amide bonds. The van der Waals surface area contributed by atoms with Crippen LogP contribution in [0.5, 0.6) is 0 Å². The Balaban J connectivity index is 4.12. The van der Waals surface area contributed by atoms with E-state index in [-0.39, 0.29) is 18.5 Å². The molecule has 0 bridgehead atoms. The number of aliphatic carboxylic acids is 1. The molecule has 0 radical (unpaired) electrons. The van der Waals surface area contributed by atoms with Gasteiger partial charge in [0, 0.05) is 12.8 Å². The van der Waals surface area contributed by atoms with E-state index in [0.29, 0.717) is 6.42 Å². The second-order valence-electron chi connectivity index (χ2n) is 11.7. The predicted molar refractivity (Wildman–Crippen MR) is 181 cm³/mol. The lowest BCUT2D eigenvalue weighted by atomic mass is 10.0. The highest BCUT2D eigenvalue weighted by molar-refractivity contribution is 5.69. The molecule has 0 aromatic rings. The zero-order chi connectivity index (χ0) is 30.8. The van der Waals surface area contributed by atoms with E-state index in [9.17, 15) is 9.59 Å². The second kappa shape index (κ2) is 33.4. The molecule has 0 spiro atoms. The van der Waals surface area contributed by atoms with Crippen molar-refractivity contribution < 1.29 is 19.4 Å². The molecule has 1 unspecified atom stereocenters. The number of rotatable bonds is 31. The Bertz CT molecular complexity index is 719. The van der Waals surface area contributed by atoms with E-state index >= 15 is 0 Å². The monoisotopic (exact) mass is 586 g/mol. The number of carbonyl (C=O) groups excluding carboxylic acids is 1. The molecule has 42 heavy (non-hydrogen) atoms.